The predicted octanol–water partition coefficient (Wildman–Crippen LogP) is 2.17. The standard InChI is InChI=1S/C19H23N3O3S/c1-25-7-6-21(12-16-4-8-26-14-16)19(24)17-9-18(23)22(13-17)11-15-3-2-5-20-10-15/h2-5,8,10,14,17H,6-7,9,11-13H2,1H3/t17-/m1/s1. The van der Waals surface area contributed by atoms with Crippen molar-refractivity contribution in [1.82, 2.24) is 14.8 Å². The van der Waals surface area contributed by atoms with Gasteiger partial charge in [-0.1, -0.05) is 6.07 Å². The Balaban J connectivity index is 1.64. The third-order valence-electron chi connectivity index (χ3n) is 4.49. The minimum atomic E-state index is -0.297. The molecule has 2 amide bonds. The first-order valence-corrected chi connectivity index (χ1v) is 9.57. The van der Waals surface area contributed by atoms with Crippen LogP contribution in [0.4, 0.5) is 0 Å². The second-order valence-corrected chi connectivity index (χ2v) is 7.20. The number of aromatic nitrogens is 1. The van der Waals surface area contributed by atoms with Crippen LogP contribution in [-0.2, 0) is 27.4 Å². The molecule has 1 aliphatic heterocycles. The lowest BCUT2D eigenvalue weighted by Gasteiger charge is -2.25. The molecule has 1 atom stereocenters. The molecular weight excluding hydrogens is 350 g/mol. The fourth-order valence-electron chi connectivity index (χ4n) is 3.13. The Morgan fingerprint density at radius 3 is 3.00 bits per heavy atom. The van der Waals surface area contributed by atoms with E-state index in [0.29, 0.717) is 32.8 Å². The third kappa shape index (κ3) is 4.68. The van der Waals surface area contributed by atoms with Gasteiger partial charge in [0, 0.05) is 52.1 Å². The second kappa shape index (κ2) is 8.91. The molecule has 0 radical (unpaired) electrons. The van der Waals surface area contributed by atoms with Crippen LogP contribution < -0.4 is 0 Å². The lowest BCUT2D eigenvalue weighted by molar-refractivity contribution is -0.137. The summed E-state index contributed by atoms with van der Waals surface area (Å²) in [6.07, 6.45) is 3.73. The van der Waals surface area contributed by atoms with Crippen LogP contribution in [0, 0.1) is 5.92 Å². The van der Waals surface area contributed by atoms with Crippen molar-refractivity contribution in [2.45, 2.75) is 19.5 Å². The van der Waals surface area contributed by atoms with Crippen molar-refractivity contribution >= 4 is 23.2 Å². The molecule has 138 valence electrons. The maximum Gasteiger partial charge on any atom is 0.228 e. The van der Waals surface area contributed by atoms with E-state index in [1.807, 2.05) is 29.0 Å². The van der Waals surface area contributed by atoms with E-state index in [1.54, 1.807) is 40.6 Å². The predicted molar refractivity (Wildman–Crippen MR) is 99.4 cm³/mol. The molecule has 0 aromatic carbocycles. The number of carbonyl (C=O) groups excluding carboxylic acids is 2. The van der Waals surface area contributed by atoms with Crippen LogP contribution in [0.5, 0.6) is 0 Å². The summed E-state index contributed by atoms with van der Waals surface area (Å²) in [5, 5.41) is 4.05. The van der Waals surface area contributed by atoms with Gasteiger partial charge in [-0.3, -0.25) is 14.6 Å². The van der Waals surface area contributed by atoms with Crippen molar-refractivity contribution in [3.63, 3.8) is 0 Å². The lowest BCUT2D eigenvalue weighted by atomic mass is 10.1. The average Bonchev–Trinajstić information content (AvgIpc) is 3.29. The second-order valence-electron chi connectivity index (χ2n) is 6.42. The number of pyridine rings is 1. The summed E-state index contributed by atoms with van der Waals surface area (Å²) in [6.45, 7) is 2.52. The van der Waals surface area contributed by atoms with Gasteiger partial charge in [-0.25, -0.2) is 0 Å². The fraction of sp³-hybridized carbons (Fsp3) is 0.421. The molecule has 0 aliphatic carbocycles. The Kier molecular flexibility index (Phi) is 6.35. The largest absolute Gasteiger partial charge is 0.383 e. The molecular formula is C19H23N3O3S. The van der Waals surface area contributed by atoms with Crippen LogP contribution in [0.3, 0.4) is 0 Å². The Morgan fingerprint density at radius 2 is 2.31 bits per heavy atom. The number of nitrogens with zero attached hydrogens (tertiary/aromatic N) is 3. The molecule has 2 aromatic rings. The Hall–Kier alpha value is -2.25. The summed E-state index contributed by atoms with van der Waals surface area (Å²) in [6, 6.07) is 5.81. The van der Waals surface area contributed by atoms with E-state index >= 15 is 0 Å². The van der Waals surface area contributed by atoms with Crippen molar-refractivity contribution in [3.05, 3.63) is 52.5 Å². The van der Waals surface area contributed by atoms with Gasteiger partial charge in [0.15, 0.2) is 0 Å². The molecule has 0 N–H and O–H groups in total. The van der Waals surface area contributed by atoms with Gasteiger partial charge in [0.2, 0.25) is 11.8 Å². The first kappa shape index (κ1) is 18.5. The number of amides is 2. The topological polar surface area (TPSA) is 62.7 Å². The number of hydrogen-bond donors (Lipinski definition) is 0. The smallest absolute Gasteiger partial charge is 0.228 e. The van der Waals surface area contributed by atoms with Crippen molar-refractivity contribution < 1.29 is 14.3 Å². The highest BCUT2D eigenvalue weighted by Crippen LogP contribution is 2.23. The molecule has 0 spiro atoms. The van der Waals surface area contributed by atoms with Crippen molar-refractivity contribution in [1.29, 1.82) is 0 Å². The highest BCUT2D eigenvalue weighted by atomic mass is 32.1. The summed E-state index contributed by atoms with van der Waals surface area (Å²) < 4.78 is 5.15. The third-order valence-corrected chi connectivity index (χ3v) is 5.22. The van der Waals surface area contributed by atoms with Crippen molar-refractivity contribution in [3.8, 4) is 0 Å². The van der Waals surface area contributed by atoms with Gasteiger partial charge in [0.1, 0.15) is 0 Å². The number of thiophene rings is 1. The summed E-state index contributed by atoms with van der Waals surface area (Å²) >= 11 is 1.61. The van der Waals surface area contributed by atoms with E-state index < -0.39 is 0 Å². The molecule has 3 rings (SSSR count). The van der Waals surface area contributed by atoms with E-state index in [2.05, 4.69) is 4.98 Å². The zero-order valence-corrected chi connectivity index (χ0v) is 15.7. The number of hydrogen-bond acceptors (Lipinski definition) is 5. The van der Waals surface area contributed by atoms with E-state index in [0.717, 1.165) is 11.1 Å². The molecule has 0 unspecified atom stereocenters. The Labute approximate surface area is 157 Å². The van der Waals surface area contributed by atoms with E-state index in [4.69, 9.17) is 4.74 Å². The highest BCUT2D eigenvalue weighted by molar-refractivity contribution is 7.07. The maximum atomic E-state index is 13.0. The zero-order chi connectivity index (χ0) is 18.4. The summed E-state index contributed by atoms with van der Waals surface area (Å²) in [5.41, 5.74) is 2.08. The van der Waals surface area contributed by atoms with Gasteiger partial charge in [0.25, 0.3) is 0 Å². The molecule has 0 saturated carbocycles. The zero-order valence-electron chi connectivity index (χ0n) is 14.8. The van der Waals surface area contributed by atoms with Crippen molar-refractivity contribution in [2.75, 3.05) is 26.8 Å². The van der Waals surface area contributed by atoms with E-state index in [1.165, 1.54) is 0 Å². The van der Waals surface area contributed by atoms with Crippen LogP contribution in [0.15, 0.2) is 41.4 Å². The lowest BCUT2D eigenvalue weighted by Crippen LogP contribution is -2.38. The van der Waals surface area contributed by atoms with Crippen LogP contribution in [-0.4, -0.2) is 53.4 Å². The van der Waals surface area contributed by atoms with Gasteiger partial charge >= 0.3 is 0 Å². The fourth-order valence-corrected chi connectivity index (χ4v) is 3.79. The molecule has 2 aromatic heterocycles. The summed E-state index contributed by atoms with van der Waals surface area (Å²) in [4.78, 5) is 33.0. The minimum Gasteiger partial charge on any atom is -0.383 e. The van der Waals surface area contributed by atoms with E-state index in [-0.39, 0.29) is 24.2 Å². The van der Waals surface area contributed by atoms with Gasteiger partial charge in [-0.05, 0) is 34.0 Å². The molecule has 3 heterocycles. The molecule has 0 bridgehead atoms. The molecule has 26 heavy (non-hydrogen) atoms. The molecule has 7 heteroatoms. The molecule has 1 fully saturated rings. The van der Waals surface area contributed by atoms with Crippen LogP contribution in [0.2, 0.25) is 0 Å². The summed E-state index contributed by atoms with van der Waals surface area (Å²) in [7, 11) is 1.63. The number of methoxy groups -OCH3 is 1. The van der Waals surface area contributed by atoms with Gasteiger partial charge < -0.3 is 14.5 Å². The van der Waals surface area contributed by atoms with Gasteiger partial charge in [-0.2, -0.15) is 11.3 Å². The summed E-state index contributed by atoms with van der Waals surface area (Å²) in [5.74, 6) is -0.251. The van der Waals surface area contributed by atoms with Crippen LogP contribution in [0.1, 0.15) is 17.5 Å². The van der Waals surface area contributed by atoms with Crippen LogP contribution in [0.25, 0.3) is 0 Å². The van der Waals surface area contributed by atoms with Crippen LogP contribution >= 0.6 is 11.3 Å². The normalized spacial score (nSPS) is 16.9. The van der Waals surface area contributed by atoms with Gasteiger partial charge in [-0.15, -0.1) is 0 Å². The number of ether oxygens (including phenoxy) is 1. The SMILES string of the molecule is COCCN(Cc1ccsc1)C(=O)[C@@H]1CC(=O)N(Cc2cccnc2)C1. The molecule has 6 nitrogen and oxygen atoms in total. The number of rotatable bonds is 8. The monoisotopic (exact) mass is 373 g/mol. The minimum absolute atomic E-state index is 0.0226. The van der Waals surface area contributed by atoms with E-state index in [9.17, 15) is 9.59 Å². The Morgan fingerprint density at radius 1 is 1.42 bits per heavy atom. The quantitative estimate of drug-likeness (QED) is 0.711. The molecule has 1 aliphatic rings. The number of likely N-dealkylation sites (tertiary alicyclic amines) is 1. The molecule has 1 saturated heterocycles. The maximum absolute atomic E-state index is 13.0. The van der Waals surface area contributed by atoms with Crippen molar-refractivity contribution in [2.24, 2.45) is 5.92 Å². The van der Waals surface area contributed by atoms with Gasteiger partial charge in [0.05, 0.1) is 12.5 Å². The number of carbonyl (C=O) groups is 2. The first-order valence-electron chi connectivity index (χ1n) is 8.63. The average molecular weight is 373 g/mol. The highest BCUT2D eigenvalue weighted by Gasteiger charge is 2.36. The first-order chi connectivity index (χ1) is 12.7. The Bertz CT molecular complexity index is 721.